The zero-order valence-electron chi connectivity index (χ0n) is 12.3. The van der Waals surface area contributed by atoms with E-state index in [1.807, 2.05) is 29.9 Å². The minimum atomic E-state index is -3.22. The first-order valence-electron chi connectivity index (χ1n) is 7.01. The molecule has 0 fully saturated rings. The molecule has 0 bridgehead atoms. The quantitative estimate of drug-likeness (QED) is 0.848. The molecule has 1 aromatic heterocycles. The highest BCUT2D eigenvalue weighted by Crippen LogP contribution is 2.11. The van der Waals surface area contributed by atoms with Crippen molar-refractivity contribution in [2.75, 3.05) is 12.3 Å². The van der Waals surface area contributed by atoms with Gasteiger partial charge in [0.2, 0.25) is 0 Å². The third kappa shape index (κ3) is 4.15. The van der Waals surface area contributed by atoms with Gasteiger partial charge in [0.25, 0.3) is 0 Å². The second-order valence-corrected chi connectivity index (χ2v) is 7.21. The number of nitrogens with zero attached hydrogens (tertiary/aromatic N) is 2. The number of nitrogens with one attached hydrogen (secondary N) is 1. The van der Waals surface area contributed by atoms with Gasteiger partial charge in [0.15, 0.2) is 9.84 Å². The van der Waals surface area contributed by atoms with Crippen molar-refractivity contribution in [3.8, 4) is 0 Å². The second-order valence-electron chi connectivity index (χ2n) is 5.10. The van der Waals surface area contributed by atoms with E-state index in [1.165, 1.54) is 0 Å². The van der Waals surface area contributed by atoms with Crippen LogP contribution in [0.15, 0.2) is 53.7 Å². The van der Waals surface area contributed by atoms with Crippen molar-refractivity contribution in [1.82, 2.24) is 15.1 Å². The molecule has 1 aromatic carbocycles. The SMILES string of the molecule is C[C@H](NCCS(=O)(=O)c1ccccc1)[C@@H](C)n1cccn1. The largest absolute Gasteiger partial charge is 0.311 e. The van der Waals surface area contributed by atoms with Crippen LogP contribution in [0.3, 0.4) is 0 Å². The number of sulfone groups is 1. The van der Waals surface area contributed by atoms with E-state index in [1.54, 1.807) is 30.5 Å². The second kappa shape index (κ2) is 6.87. The van der Waals surface area contributed by atoms with Crippen LogP contribution in [0.5, 0.6) is 0 Å². The van der Waals surface area contributed by atoms with E-state index in [0.717, 1.165) is 0 Å². The van der Waals surface area contributed by atoms with Crippen molar-refractivity contribution >= 4 is 9.84 Å². The normalized spacial score (nSPS) is 14.8. The first-order valence-corrected chi connectivity index (χ1v) is 8.66. The van der Waals surface area contributed by atoms with Crippen molar-refractivity contribution in [3.05, 3.63) is 48.8 Å². The lowest BCUT2D eigenvalue weighted by molar-refractivity contribution is 0.372. The minimum Gasteiger partial charge on any atom is -0.311 e. The monoisotopic (exact) mass is 307 g/mol. The van der Waals surface area contributed by atoms with Crippen molar-refractivity contribution in [2.45, 2.75) is 30.8 Å². The molecular weight excluding hydrogens is 286 g/mol. The number of rotatable bonds is 7. The molecule has 0 aliphatic rings. The summed E-state index contributed by atoms with van der Waals surface area (Å²) in [5.74, 6) is 0.0905. The molecule has 0 spiro atoms. The van der Waals surface area contributed by atoms with Crippen molar-refractivity contribution < 1.29 is 8.42 Å². The van der Waals surface area contributed by atoms with E-state index in [-0.39, 0.29) is 17.8 Å². The maximum absolute atomic E-state index is 12.2. The van der Waals surface area contributed by atoms with Gasteiger partial charge in [0.05, 0.1) is 16.7 Å². The van der Waals surface area contributed by atoms with E-state index in [0.29, 0.717) is 11.4 Å². The summed E-state index contributed by atoms with van der Waals surface area (Å²) in [6.45, 7) is 4.50. The molecule has 1 heterocycles. The summed E-state index contributed by atoms with van der Waals surface area (Å²) in [4.78, 5) is 0.375. The summed E-state index contributed by atoms with van der Waals surface area (Å²) < 4.78 is 26.2. The molecule has 21 heavy (non-hydrogen) atoms. The lowest BCUT2D eigenvalue weighted by Crippen LogP contribution is -2.36. The molecule has 114 valence electrons. The maximum Gasteiger partial charge on any atom is 0.179 e. The van der Waals surface area contributed by atoms with Gasteiger partial charge in [-0.15, -0.1) is 0 Å². The fourth-order valence-electron chi connectivity index (χ4n) is 2.09. The average Bonchev–Trinajstić information content (AvgIpc) is 3.01. The van der Waals surface area contributed by atoms with Gasteiger partial charge in [0, 0.05) is 25.0 Å². The predicted octanol–water partition coefficient (Wildman–Crippen LogP) is 1.90. The van der Waals surface area contributed by atoms with Gasteiger partial charge < -0.3 is 5.32 Å². The highest BCUT2D eigenvalue weighted by atomic mass is 32.2. The van der Waals surface area contributed by atoms with Gasteiger partial charge in [0.1, 0.15) is 0 Å². The lowest BCUT2D eigenvalue weighted by atomic mass is 10.2. The summed E-state index contributed by atoms with van der Waals surface area (Å²) in [6.07, 6.45) is 3.65. The van der Waals surface area contributed by atoms with Gasteiger partial charge in [-0.05, 0) is 32.0 Å². The van der Waals surface area contributed by atoms with Crippen molar-refractivity contribution in [1.29, 1.82) is 0 Å². The zero-order valence-corrected chi connectivity index (χ0v) is 13.1. The average molecular weight is 307 g/mol. The van der Waals surface area contributed by atoms with Crippen LogP contribution in [0.4, 0.5) is 0 Å². The molecule has 6 heteroatoms. The highest BCUT2D eigenvalue weighted by Gasteiger charge is 2.17. The number of hydrogen-bond acceptors (Lipinski definition) is 4. The van der Waals surface area contributed by atoms with Crippen LogP contribution in [-0.2, 0) is 9.84 Å². The molecule has 0 aliphatic heterocycles. The Balaban J connectivity index is 1.87. The van der Waals surface area contributed by atoms with Gasteiger partial charge in [-0.1, -0.05) is 18.2 Å². The van der Waals surface area contributed by atoms with Crippen LogP contribution < -0.4 is 5.32 Å². The van der Waals surface area contributed by atoms with Crippen LogP contribution in [0, 0.1) is 0 Å². The number of benzene rings is 1. The first-order chi connectivity index (χ1) is 10.0. The Morgan fingerprint density at radius 1 is 1.19 bits per heavy atom. The Morgan fingerprint density at radius 3 is 2.52 bits per heavy atom. The van der Waals surface area contributed by atoms with E-state index in [2.05, 4.69) is 17.3 Å². The molecule has 2 rings (SSSR count). The molecule has 2 atom stereocenters. The lowest BCUT2D eigenvalue weighted by Gasteiger charge is -2.21. The summed E-state index contributed by atoms with van der Waals surface area (Å²) in [5, 5.41) is 7.46. The van der Waals surface area contributed by atoms with E-state index >= 15 is 0 Å². The Labute approximate surface area is 125 Å². The Morgan fingerprint density at radius 2 is 1.90 bits per heavy atom. The van der Waals surface area contributed by atoms with E-state index in [4.69, 9.17) is 0 Å². The Bertz CT molecular complexity index is 639. The predicted molar refractivity (Wildman–Crippen MR) is 82.9 cm³/mol. The summed E-state index contributed by atoms with van der Waals surface area (Å²) in [6, 6.07) is 10.7. The third-order valence-corrected chi connectivity index (χ3v) is 5.34. The summed E-state index contributed by atoms with van der Waals surface area (Å²) in [5.41, 5.74) is 0. The molecule has 0 unspecified atom stereocenters. The molecule has 0 aliphatic carbocycles. The van der Waals surface area contributed by atoms with Crippen LogP contribution in [0.2, 0.25) is 0 Å². The zero-order chi connectivity index (χ0) is 15.3. The van der Waals surface area contributed by atoms with E-state index in [9.17, 15) is 8.42 Å². The van der Waals surface area contributed by atoms with Crippen LogP contribution >= 0.6 is 0 Å². The fourth-order valence-corrected chi connectivity index (χ4v) is 3.28. The molecule has 0 amide bonds. The first kappa shape index (κ1) is 15.7. The third-order valence-electron chi connectivity index (χ3n) is 3.61. The van der Waals surface area contributed by atoms with Crippen LogP contribution in [-0.4, -0.2) is 36.5 Å². The van der Waals surface area contributed by atoms with Crippen LogP contribution in [0.1, 0.15) is 19.9 Å². The summed E-state index contributed by atoms with van der Waals surface area (Å²) >= 11 is 0. The Hall–Kier alpha value is -1.66. The Kier molecular flexibility index (Phi) is 5.14. The van der Waals surface area contributed by atoms with Gasteiger partial charge in [-0.2, -0.15) is 5.10 Å². The number of hydrogen-bond donors (Lipinski definition) is 1. The molecular formula is C15H21N3O2S. The molecule has 1 N–H and O–H groups in total. The fraction of sp³-hybridized carbons (Fsp3) is 0.400. The minimum absolute atomic E-state index is 0.0905. The van der Waals surface area contributed by atoms with Gasteiger partial charge in [-0.3, -0.25) is 4.68 Å². The standard InChI is InChI=1S/C15H21N3O2S/c1-13(14(2)18-11-6-9-17-18)16-10-12-21(19,20)15-7-4-3-5-8-15/h3-9,11,13-14,16H,10,12H2,1-2H3/t13-,14+/m0/s1. The maximum atomic E-state index is 12.2. The van der Waals surface area contributed by atoms with Crippen molar-refractivity contribution in [3.63, 3.8) is 0 Å². The highest BCUT2D eigenvalue weighted by molar-refractivity contribution is 7.91. The molecule has 0 radical (unpaired) electrons. The van der Waals surface area contributed by atoms with Crippen LogP contribution in [0.25, 0.3) is 0 Å². The smallest absolute Gasteiger partial charge is 0.179 e. The topological polar surface area (TPSA) is 64.0 Å². The van der Waals surface area contributed by atoms with Crippen molar-refractivity contribution in [2.24, 2.45) is 0 Å². The molecule has 0 saturated carbocycles. The van der Waals surface area contributed by atoms with E-state index < -0.39 is 9.84 Å². The van der Waals surface area contributed by atoms with Gasteiger partial charge in [-0.25, -0.2) is 8.42 Å². The number of aromatic nitrogens is 2. The summed E-state index contributed by atoms with van der Waals surface area (Å²) in [7, 11) is -3.22. The van der Waals surface area contributed by atoms with Gasteiger partial charge >= 0.3 is 0 Å². The molecule has 5 nitrogen and oxygen atoms in total. The molecule has 2 aromatic rings. The molecule has 0 saturated heterocycles.